The molecule has 0 bridgehead atoms. The smallest absolute Gasteiger partial charge is 0.250 e. The van der Waals surface area contributed by atoms with Gasteiger partial charge < -0.3 is 0 Å². The molecule has 0 aliphatic carbocycles. The van der Waals surface area contributed by atoms with E-state index >= 15 is 0 Å². The molecule has 1 aliphatic rings. The fraction of sp³-hybridized carbons (Fsp3) is 0.136. The van der Waals surface area contributed by atoms with Gasteiger partial charge in [-0.3, -0.25) is 4.99 Å². The van der Waals surface area contributed by atoms with E-state index in [1.165, 1.54) is 24.3 Å². The van der Waals surface area contributed by atoms with Crippen LogP contribution in [0.1, 0.15) is 16.7 Å². The summed E-state index contributed by atoms with van der Waals surface area (Å²) < 4.78 is 78.4. The topological polar surface area (TPSA) is 12.4 Å². The molecule has 0 spiro atoms. The van der Waals surface area contributed by atoms with Crippen molar-refractivity contribution >= 4 is 22.1 Å². The first-order chi connectivity index (χ1) is 14.1. The number of rotatable bonds is 3. The molecule has 0 amide bonds. The Morgan fingerprint density at radius 1 is 0.767 bits per heavy atom. The minimum atomic E-state index is -4.48. The highest BCUT2D eigenvalue weighted by atomic mass is 32.2. The lowest BCUT2D eigenvalue weighted by molar-refractivity contribution is -0.138. The second-order valence-electron chi connectivity index (χ2n) is 6.81. The number of hydrogen-bond acceptors (Lipinski definition) is 1. The van der Waals surface area contributed by atoms with Crippen LogP contribution in [0.5, 0.6) is 0 Å². The molecule has 1 nitrogen and oxygen atoms in total. The molecular weight excluding hydrogens is 424 g/mol. The number of aliphatic imine (C=N–C) groups is 1. The molecule has 1 atom stereocenters. The van der Waals surface area contributed by atoms with E-state index in [9.17, 15) is 26.3 Å². The highest BCUT2D eigenvalue weighted by molar-refractivity contribution is 8.28. The second-order valence-corrected chi connectivity index (χ2v) is 8.78. The van der Waals surface area contributed by atoms with Gasteiger partial charge in [-0.15, -0.1) is 0 Å². The van der Waals surface area contributed by atoms with Crippen molar-refractivity contribution in [2.75, 3.05) is 0 Å². The van der Waals surface area contributed by atoms with Crippen LogP contribution < -0.4 is 0 Å². The van der Waals surface area contributed by atoms with Crippen molar-refractivity contribution in [2.24, 2.45) is 4.99 Å². The molecule has 30 heavy (non-hydrogen) atoms. The maximum atomic E-state index is 13.4. The lowest BCUT2D eigenvalue weighted by Crippen LogP contribution is -2.06. The summed E-state index contributed by atoms with van der Waals surface area (Å²) in [7, 11) is -0.973. The Morgan fingerprint density at radius 3 is 2.13 bits per heavy atom. The summed E-state index contributed by atoms with van der Waals surface area (Å²) in [5.74, 6) is 0.467. The zero-order valence-electron chi connectivity index (χ0n) is 15.3. The number of fused-ring (bicyclic) bond motifs is 1. The van der Waals surface area contributed by atoms with E-state index in [0.717, 1.165) is 28.7 Å². The molecule has 8 heteroatoms. The first-order valence-electron chi connectivity index (χ1n) is 8.90. The second kappa shape index (κ2) is 7.50. The molecule has 3 aromatic rings. The van der Waals surface area contributed by atoms with E-state index in [4.69, 9.17) is 0 Å². The molecule has 0 aromatic heterocycles. The molecule has 1 aliphatic heterocycles. The van der Waals surface area contributed by atoms with Crippen LogP contribution in [0.3, 0.4) is 0 Å². The van der Waals surface area contributed by atoms with Gasteiger partial charge >= 0.3 is 12.4 Å². The first-order valence-corrected chi connectivity index (χ1v) is 10.5. The zero-order valence-corrected chi connectivity index (χ0v) is 16.2. The summed E-state index contributed by atoms with van der Waals surface area (Å²) in [6.45, 7) is 0. The van der Waals surface area contributed by atoms with Gasteiger partial charge in [0.1, 0.15) is 0 Å². The van der Waals surface area contributed by atoms with Crippen molar-refractivity contribution in [3.63, 3.8) is 0 Å². The molecule has 4 rings (SSSR count). The molecule has 3 aromatic carbocycles. The SMILES string of the molecule is FC(F)(F)c1ccc(C[SH]2C=Nc3ccc(-c4ccccc4C(F)(F)F)cc32)cc1. The largest absolute Gasteiger partial charge is 0.417 e. The van der Waals surface area contributed by atoms with Gasteiger partial charge in [0.05, 0.1) is 16.8 Å². The van der Waals surface area contributed by atoms with Crippen LogP contribution in [0, 0.1) is 0 Å². The van der Waals surface area contributed by atoms with Gasteiger partial charge in [-0.25, -0.2) is 0 Å². The summed E-state index contributed by atoms with van der Waals surface area (Å²) in [6, 6.07) is 15.3. The molecule has 156 valence electrons. The van der Waals surface area contributed by atoms with Crippen molar-refractivity contribution in [3.05, 3.63) is 83.4 Å². The van der Waals surface area contributed by atoms with E-state index in [0.29, 0.717) is 17.0 Å². The molecule has 1 unspecified atom stereocenters. The van der Waals surface area contributed by atoms with Crippen molar-refractivity contribution in [2.45, 2.75) is 23.0 Å². The van der Waals surface area contributed by atoms with Gasteiger partial charge in [0.25, 0.3) is 0 Å². The van der Waals surface area contributed by atoms with E-state index in [2.05, 4.69) is 4.99 Å². The predicted octanol–water partition coefficient (Wildman–Crippen LogP) is 7.62. The van der Waals surface area contributed by atoms with Crippen LogP contribution in [-0.4, -0.2) is 5.55 Å². The van der Waals surface area contributed by atoms with Crippen LogP contribution in [0.25, 0.3) is 11.1 Å². The fourth-order valence-electron chi connectivity index (χ4n) is 3.33. The Bertz CT molecular complexity index is 1100. The summed E-state index contributed by atoms with van der Waals surface area (Å²) in [5, 5.41) is 0. The van der Waals surface area contributed by atoms with E-state index in [1.807, 2.05) is 0 Å². The Balaban J connectivity index is 1.64. The minimum Gasteiger partial charge on any atom is -0.250 e. The molecule has 0 fully saturated rings. The van der Waals surface area contributed by atoms with Gasteiger partial charge in [-0.1, -0.05) is 36.4 Å². The molecule has 0 saturated heterocycles. The van der Waals surface area contributed by atoms with Gasteiger partial charge in [-0.05, 0) is 47.0 Å². The normalized spacial score (nSPS) is 17.2. The highest BCUT2D eigenvalue weighted by Crippen LogP contribution is 2.50. The van der Waals surface area contributed by atoms with Crippen LogP contribution in [0.15, 0.2) is 76.6 Å². The first kappa shape index (κ1) is 20.5. The summed E-state index contributed by atoms with van der Waals surface area (Å²) in [6.07, 6.45) is -8.87. The van der Waals surface area contributed by atoms with Crippen LogP contribution >= 0.6 is 10.9 Å². The lowest BCUT2D eigenvalue weighted by atomic mass is 9.99. The summed E-state index contributed by atoms with van der Waals surface area (Å²) in [5.41, 5.74) is 2.24. The van der Waals surface area contributed by atoms with Crippen molar-refractivity contribution in [1.29, 1.82) is 0 Å². The zero-order chi connectivity index (χ0) is 21.5. The van der Waals surface area contributed by atoms with Crippen molar-refractivity contribution in [1.82, 2.24) is 0 Å². The lowest BCUT2D eigenvalue weighted by Gasteiger charge is -2.17. The monoisotopic (exact) mass is 439 g/mol. The maximum absolute atomic E-state index is 13.4. The van der Waals surface area contributed by atoms with Gasteiger partial charge in [-0.2, -0.15) is 37.2 Å². The third-order valence-corrected chi connectivity index (χ3v) is 6.88. The van der Waals surface area contributed by atoms with E-state index in [1.54, 1.807) is 29.8 Å². The fourth-order valence-corrected chi connectivity index (χ4v) is 5.30. The number of benzene rings is 3. The number of thiol groups is 1. The molecule has 0 N–H and O–H groups in total. The quantitative estimate of drug-likeness (QED) is 0.318. The maximum Gasteiger partial charge on any atom is 0.417 e. The van der Waals surface area contributed by atoms with E-state index < -0.39 is 34.4 Å². The molecule has 0 saturated carbocycles. The Morgan fingerprint density at radius 2 is 1.47 bits per heavy atom. The Hall–Kier alpha value is -2.74. The van der Waals surface area contributed by atoms with E-state index in [-0.39, 0.29) is 5.56 Å². The Kier molecular flexibility index (Phi) is 5.13. The average molecular weight is 439 g/mol. The van der Waals surface area contributed by atoms with Gasteiger partial charge in [0.15, 0.2) is 0 Å². The molecule has 1 heterocycles. The highest BCUT2D eigenvalue weighted by Gasteiger charge is 2.33. The minimum absolute atomic E-state index is 0.0872. The number of halogens is 6. The summed E-state index contributed by atoms with van der Waals surface area (Å²) in [4.78, 5) is 5.16. The standard InChI is InChI=1S/C22H15F6NS/c23-21(24,25)16-8-5-14(6-9-16)12-30-13-29-19-10-7-15(11-20(19)30)17-3-1-2-4-18(17)22(26,27)28/h1-11,13,30H,12H2. The average Bonchev–Trinajstić information content (AvgIpc) is 3.09. The van der Waals surface area contributed by atoms with Crippen molar-refractivity contribution in [3.8, 4) is 11.1 Å². The molecule has 0 radical (unpaired) electrons. The third kappa shape index (κ3) is 4.09. The van der Waals surface area contributed by atoms with Gasteiger partial charge in [0, 0.05) is 16.2 Å². The number of alkyl halides is 6. The van der Waals surface area contributed by atoms with Crippen LogP contribution in [0.2, 0.25) is 0 Å². The predicted molar refractivity (Wildman–Crippen MR) is 107 cm³/mol. The summed E-state index contributed by atoms with van der Waals surface area (Å²) >= 11 is 0. The number of nitrogens with zero attached hydrogens (tertiary/aromatic N) is 1. The number of hydrogen-bond donors (Lipinski definition) is 1. The van der Waals surface area contributed by atoms with Crippen LogP contribution in [0.4, 0.5) is 32.0 Å². The van der Waals surface area contributed by atoms with Crippen molar-refractivity contribution < 1.29 is 26.3 Å². The van der Waals surface area contributed by atoms with Crippen LogP contribution in [-0.2, 0) is 18.1 Å². The van der Waals surface area contributed by atoms with Gasteiger partial charge in [0.2, 0.25) is 0 Å². The third-order valence-electron chi connectivity index (χ3n) is 4.80. The Labute approximate surface area is 171 Å². The molecular formula is C22H15F6NS.